The zero-order valence-corrected chi connectivity index (χ0v) is 46.2. The summed E-state index contributed by atoms with van der Waals surface area (Å²) in [4.78, 5) is 13.3. The van der Waals surface area contributed by atoms with Crippen LogP contribution in [0.25, 0.3) is 0 Å². The summed E-state index contributed by atoms with van der Waals surface area (Å²) >= 11 is 0. The van der Waals surface area contributed by atoms with Gasteiger partial charge in [-0.2, -0.15) is 0 Å². The Hall–Kier alpha value is -1.73. The lowest BCUT2D eigenvalue weighted by Crippen LogP contribution is -2.66. The molecule has 0 aromatic carbocycles. The number of aliphatic hydroxyl groups is 11. The minimum atomic E-state index is -1.97. The molecule has 1 amide bonds. The van der Waals surface area contributed by atoms with Gasteiger partial charge in [-0.25, -0.2) is 0 Å². The second kappa shape index (κ2) is 41.3. The molecule has 0 aliphatic carbocycles. The summed E-state index contributed by atoms with van der Waals surface area (Å²) in [5.41, 5.74) is 0. The second-order valence-electron chi connectivity index (χ2n) is 21.5. The van der Waals surface area contributed by atoms with Gasteiger partial charge in [0.15, 0.2) is 18.9 Å². The van der Waals surface area contributed by atoms with Crippen LogP contribution in [-0.2, 0) is 33.2 Å². The number of carbonyl (C=O) groups is 1. The van der Waals surface area contributed by atoms with Crippen LogP contribution in [0.1, 0.15) is 200 Å². The van der Waals surface area contributed by atoms with E-state index in [1.165, 1.54) is 109 Å². The van der Waals surface area contributed by atoms with E-state index in [1.807, 2.05) is 0 Å². The summed E-state index contributed by atoms with van der Waals surface area (Å²) in [7, 11) is 0. The molecule has 19 nitrogen and oxygen atoms in total. The molecular weight excluding hydrogens is 987 g/mol. The third-order valence-electron chi connectivity index (χ3n) is 15.0. The molecule has 3 heterocycles. The highest BCUT2D eigenvalue weighted by Crippen LogP contribution is 2.33. The van der Waals surface area contributed by atoms with Crippen molar-refractivity contribution in [1.29, 1.82) is 0 Å². The van der Waals surface area contributed by atoms with Crippen LogP contribution in [0.2, 0.25) is 0 Å². The van der Waals surface area contributed by atoms with Crippen molar-refractivity contribution in [1.82, 2.24) is 5.32 Å². The van der Waals surface area contributed by atoms with Gasteiger partial charge in [-0.3, -0.25) is 4.79 Å². The third-order valence-corrected chi connectivity index (χ3v) is 15.0. The van der Waals surface area contributed by atoms with Crippen LogP contribution in [-0.4, -0.2) is 193 Å². The summed E-state index contributed by atoms with van der Waals surface area (Å²) < 4.78 is 34.3. The van der Waals surface area contributed by atoms with E-state index in [0.717, 1.165) is 57.8 Å². The fourth-order valence-electron chi connectivity index (χ4n) is 10.1. The Morgan fingerprint density at radius 1 is 0.474 bits per heavy atom. The lowest BCUT2D eigenvalue weighted by Gasteiger charge is -2.48. The highest BCUT2D eigenvalue weighted by atomic mass is 16.8. The van der Waals surface area contributed by atoms with Crippen LogP contribution < -0.4 is 5.32 Å². The van der Waals surface area contributed by atoms with Crippen molar-refractivity contribution < 1.29 is 89.4 Å². The topological polar surface area (TPSA) is 307 Å². The van der Waals surface area contributed by atoms with Crippen molar-refractivity contribution in [3.63, 3.8) is 0 Å². The molecule has 0 spiro atoms. The molecular formula is C57H105NO18. The number of allylic oxidation sites excluding steroid dienone is 4. The Kier molecular flexibility index (Phi) is 37.2. The van der Waals surface area contributed by atoms with Gasteiger partial charge in [0, 0.05) is 6.42 Å². The quantitative estimate of drug-likeness (QED) is 0.0289. The fraction of sp³-hybridized carbons (Fsp3) is 0.912. The number of hydrogen-bond donors (Lipinski definition) is 12. The van der Waals surface area contributed by atoms with Gasteiger partial charge in [-0.05, 0) is 44.9 Å². The van der Waals surface area contributed by atoms with Gasteiger partial charge in [0.25, 0.3) is 0 Å². The molecule has 3 aliphatic heterocycles. The van der Waals surface area contributed by atoms with Gasteiger partial charge in [0.2, 0.25) is 5.91 Å². The van der Waals surface area contributed by atoms with Crippen LogP contribution in [0.5, 0.6) is 0 Å². The second-order valence-corrected chi connectivity index (χ2v) is 21.5. The smallest absolute Gasteiger partial charge is 0.220 e. The molecule has 0 aromatic rings. The Balaban J connectivity index is 1.49. The maximum Gasteiger partial charge on any atom is 0.220 e. The van der Waals surface area contributed by atoms with Gasteiger partial charge < -0.3 is 89.9 Å². The Bertz CT molecular complexity index is 1490. The lowest BCUT2D eigenvalue weighted by atomic mass is 9.96. The molecule has 446 valence electrons. The molecule has 3 saturated heterocycles. The third kappa shape index (κ3) is 25.4. The lowest BCUT2D eigenvalue weighted by molar-refractivity contribution is -0.379. The monoisotopic (exact) mass is 1090 g/mol. The minimum Gasteiger partial charge on any atom is -0.394 e. The zero-order valence-electron chi connectivity index (χ0n) is 46.2. The molecule has 3 rings (SSSR count). The van der Waals surface area contributed by atoms with Crippen molar-refractivity contribution in [2.24, 2.45) is 0 Å². The highest BCUT2D eigenvalue weighted by molar-refractivity contribution is 5.76. The molecule has 17 unspecified atom stereocenters. The zero-order chi connectivity index (χ0) is 55.5. The predicted molar refractivity (Wildman–Crippen MR) is 286 cm³/mol. The molecule has 3 fully saturated rings. The van der Waals surface area contributed by atoms with Crippen LogP contribution in [0.4, 0.5) is 0 Å². The average Bonchev–Trinajstić information content (AvgIpc) is 3.42. The van der Waals surface area contributed by atoms with Gasteiger partial charge in [-0.15, -0.1) is 0 Å². The first-order valence-electron chi connectivity index (χ1n) is 29.6. The number of nitrogens with one attached hydrogen (secondary N) is 1. The van der Waals surface area contributed by atoms with E-state index in [0.29, 0.717) is 12.8 Å². The number of rotatable bonds is 43. The average molecular weight is 1090 g/mol. The van der Waals surface area contributed by atoms with E-state index in [-0.39, 0.29) is 18.9 Å². The summed E-state index contributed by atoms with van der Waals surface area (Å²) in [6.45, 7) is 1.74. The van der Waals surface area contributed by atoms with Crippen molar-refractivity contribution in [2.75, 3.05) is 26.4 Å². The standard InChI is InChI=1S/C57H105NO18/c1-3-5-7-9-11-13-15-17-18-19-20-21-22-23-25-27-29-31-33-35-45(63)58-40(41(62)34-32-30-28-26-24-16-14-12-10-8-6-4-2)39-71-55-51(69)48(66)53(43(37-60)73-55)76-57-52(70)49(67)54(44(38-61)74-57)75-56-50(68)47(65)46(64)42(36-59)72-56/h11,13,17-18,40-44,46-57,59-62,64-70H,3-10,12,14-16,19-39H2,1-2H3,(H,58,63)/b13-11-,18-17-. The number of carbonyl (C=O) groups excluding carboxylic acids is 1. The molecule has 0 bridgehead atoms. The van der Waals surface area contributed by atoms with E-state index in [2.05, 4.69) is 43.5 Å². The normalized spacial score (nSPS) is 31.1. The largest absolute Gasteiger partial charge is 0.394 e. The van der Waals surface area contributed by atoms with Crippen molar-refractivity contribution in [3.8, 4) is 0 Å². The minimum absolute atomic E-state index is 0.249. The van der Waals surface area contributed by atoms with E-state index in [4.69, 9.17) is 28.4 Å². The Labute approximate surface area is 454 Å². The predicted octanol–water partition coefficient (Wildman–Crippen LogP) is 4.76. The molecule has 19 heteroatoms. The maximum absolute atomic E-state index is 13.3. The molecule has 0 radical (unpaired) electrons. The molecule has 0 saturated carbocycles. The Morgan fingerprint density at radius 3 is 1.37 bits per heavy atom. The van der Waals surface area contributed by atoms with Crippen molar-refractivity contribution >= 4 is 5.91 Å². The number of ether oxygens (including phenoxy) is 6. The first-order valence-corrected chi connectivity index (χ1v) is 29.6. The van der Waals surface area contributed by atoms with E-state index in [1.54, 1.807) is 0 Å². The fourth-order valence-corrected chi connectivity index (χ4v) is 10.1. The number of amides is 1. The first kappa shape index (κ1) is 68.5. The molecule has 12 N–H and O–H groups in total. The van der Waals surface area contributed by atoms with E-state index < -0.39 is 124 Å². The summed E-state index contributed by atoms with van der Waals surface area (Å²) in [5, 5.41) is 120. The van der Waals surface area contributed by atoms with Crippen LogP contribution in [0, 0.1) is 0 Å². The number of aliphatic hydroxyl groups excluding tert-OH is 11. The van der Waals surface area contributed by atoms with Gasteiger partial charge in [0.1, 0.15) is 73.2 Å². The van der Waals surface area contributed by atoms with Crippen molar-refractivity contribution in [3.05, 3.63) is 24.3 Å². The first-order chi connectivity index (χ1) is 36.8. The molecule has 3 aliphatic rings. The van der Waals surface area contributed by atoms with Crippen LogP contribution >= 0.6 is 0 Å². The molecule has 17 atom stereocenters. The summed E-state index contributed by atoms with van der Waals surface area (Å²) in [5.74, 6) is -0.249. The van der Waals surface area contributed by atoms with Gasteiger partial charge in [-0.1, -0.05) is 173 Å². The molecule has 76 heavy (non-hydrogen) atoms. The SMILES string of the molecule is CCCCC/C=C\C/C=C\CCCCCCCCCCCC(=O)NC(COC1OC(CO)C(OC2OC(CO)C(OC3OC(CO)C(O)C(O)C3O)C(O)C2O)C(O)C1O)C(O)CCCCCCCCCCCCCC. The Morgan fingerprint density at radius 2 is 0.868 bits per heavy atom. The maximum atomic E-state index is 13.3. The number of hydrogen-bond acceptors (Lipinski definition) is 18. The van der Waals surface area contributed by atoms with Gasteiger partial charge in [0.05, 0.1) is 38.6 Å². The molecule has 0 aromatic heterocycles. The van der Waals surface area contributed by atoms with E-state index in [9.17, 15) is 61.0 Å². The summed E-state index contributed by atoms with van der Waals surface area (Å²) in [6, 6.07) is -0.886. The highest BCUT2D eigenvalue weighted by Gasteiger charge is 2.53. The van der Waals surface area contributed by atoms with Gasteiger partial charge >= 0.3 is 0 Å². The summed E-state index contributed by atoms with van der Waals surface area (Å²) in [6.07, 6.45) is 14.1. The van der Waals surface area contributed by atoms with Crippen LogP contribution in [0.15, 0.2) is 24.3 Å². The van der Waals surface area contributed by atoms with E-state index >= 15 is 0 Å². The number of unbranched alkanes of at least 4 members (excludes halogenated alkanes) is 23. The van der Waals surface area contributed by atoms with Crippen molar-refractivity contribution in [2.45, 2.75) is 304 Å². The van der Waals surface area contributed by atoms with Crippen LogP contribution in [0.3, 0.4) is 0 Å².